The van der Waals surface area contributed by atoms with E-state index < -0.39 is 20.8 Å². The Hall–Kier alpha value is -1.14. The van der Waals surface area contributed by atoms with E-state index in [1.54, 1.807) is 13.8 Å². The Bertz CT molecular complexity index is 542. The van der Waals surface area contributed by atoms with Gasteiger partial charge in [0, 0.05) is 16.7 Å². The van der Waals surface area contributed by atoms with Crippen molar-refractivity contribution in [3.05, 3.63) is 29.6 Å². The Balaban J connectivity index is 3.11. The summed E-state index contributed by atoms with van der Waals surface area (Å²) in [5, 5.41) is 2.50. The minimum Gasteiger partial charge on any atom is -0.350 e. The lowest BCUT2D eigenvalue weighted by Crippen LogP contribution is -2.30. The Morgan fingerprint density at radius 3 is 2.41 bits per heavy atom. The molecule has 0 spiro atoms. The zero-order valence-corrected chi connectivity index (χ0v) is 10.8. The minimum absolute atomic E-state index is 0.140. The number of rotatable bonds is 3. The van der Waals surface area contributed by atoms with Gasteiger partial charge in [-0.25, -0.2) is 12.8 Å². The Kier molecular flexibility index (Phi) is 4.11. The second-order valence-electron chi connectivity index (χ2n) is 3.71. The molecule has 0 aliphatic rings. The van der Waals surface area contributed by atoms with Crippen LogP contribution in [0.5, 0.6) is 0 Å². The largest absolute Gasteiger partial charge is 0.350 e. The topological polar surface area (TPSA) is 63.2 Å². The highest BCUT2D eigenvalue weighted by molar-refractivity contribution is 8.13. The van der Waals surface area contributed by atoms with Crippen LogP contribution in [0.1, 0.15) is 24.2 Å². The molecule has 0 saturated heterocycles. The van der Waals surface area contributed by atoms with Gasteiger partial charge in [0.1, 0.15) is 5.82 Å². The Labute approximate surface area is 103 Å². The van der Waals surface area contributed by atoms with Crippen molar-refractivity contribution in [3.63, 3.8) is 0 Å². The van der Waals surface area contributed by atoms with Crippen LogP contribution in [0.2, 0.25) is 0 Å². The molecule has 94 valence electrons. The zero-order valence-electron chi connectivity index (χ0n) is 9.20. The van der Waals surface area contributed by atoms with E-state index in [0.29, 0.717) is 0 Å². The molecule has 1 aromatic carbocycles. The van der Waals surface area contributed by atoms with Crippen LogP contribution in [0, 0.1) is 5.82 Å². The van der Waals surface area contributed by atoms with Crippen LogP contribution >= 0.6 is 10.7 Å². The summed E-state index contributed by atoms with van der Waals surface area (Å²) in [7, 11) is 1.06. The van der Waals surface area contributed by atoms with Crippen molar-refractivity contribution in [1.82, 2.24) is 5.32 Å². The summed E-state index contributed by atoms with van der Waals surface area (Å²) in [5.74, 6) is -1.53. The molecule has 0 aliphatic carbocycles. The third-order valence-electron chi connectivity index (χ3n) is 1.89. The van der Waals surface area contributed by atoms with Crippen LogP contribution in [0.25, 0.3) is 0 Å². The van der Waals surface area contributed by atoms with Crippen LogP contribution in [-0.4, -0.2) is 20.4 Å². The van der Waals surface area contributed by atoms with Gasteiger partial charge in [0.15, 0.2) is 0 Å². The summed E-state index contributed by atoms with van der Waals surface area (Å²) in [6.45, 7) is 3.46. The smallest absolute Gasteiger partial charge is 0.261 e. The molecule has 0 atom stereocenters. The van der Waals surface area contributed by atoms with Crippen LogP contribution in [0.15, 0.2) is 23.1 Å². The Morgan fingerprint density at radius 1 is 1.41 bits per heavy atom. The van der Waals surface area contributed by atoms with Crippen molar-refractivity contribution in [3.8, 4) is 0 Å². The van der Waals surface area contributed by atoms with Gasteiger partial charge in [0.2, 0.25) is 0 Å². The van der Waals surface area contributed by atoms with E-state index in [4.69, 9.17) is 10.7 Å². The molecular formula is C10H11ClFNO3S. The van der Waals surface area contributed by atoms with Crippen LogP contribution < -0.4 is 5.32 Å². The first-order valence-corrected chi connectivity index (χ1v) is 7.08. The van der Waals surface area contributed by atoms with Crippen molar-refractivity contribution in [2.75, 3.05) is 0 Å². The maximum atomic E-state index is 13.5. The second-order valence-corrected chi connectivity index (χ2v) is 6.27. The monoisotopic (exact) mass is 279 g/mol. The lowest BCUT2D eigenvalue weighted by Gasteiger charge is -2.09. The molecule has 0 saturated carbocycles. The SMILES string of the molecule is CC(C)NC(=O)c1ccc(S(=O)(=O)Cl)cc1F. The molecule has 1 N–H and O–H groups in total. The Morgan fingerprint density at radius 2 is 2.00 bits per heavy atom. The van der Waals surface area contributed by atoms with Gasteiger partial charge >= 0.3 is 0 Å². The van der Waals surface area contributed by atoms with Gasteiger partial charge in [0.05, 0.1) is 10.5 Å². The summed E-state index contributed by atoms with van der Waals surface area (Å²) < 4.78 is 35.4. The molecule has 0 fully saturated rings. The lowest BCUT2D eigenvalue weighted by atomic mass is 10.2. The maximum absolute atomic E-state index is 13.5. The summed E-state index contributed by atoms with van der Waals surface area (Å²) in [6, 6.07) is 2.75. The second kappa shape index (κ2) is 5.01. The van der Waals surface area contributed by atoms with Crippen LogP contribution in [0.3, 0.4) is 0 Å². The molecule has 0 aliphatic heterocycles. The van der Waals surface area contributed by atoms with E-state index in [1.165, 1.54) is 0 Å². The van der Waals surface area contributed by atoms with Gasteiger partial charge in [-0.15, -0.1) is 0 Å². The number of carbonyl (C=O) groups is 1. The quantitative estimate of drug-likeness (QED) is 0.860. The number of hydrogen-bond donors (Lipinski definition) is 1. The predicted octanol–water partition coefficient (Wildman–Crippen LogP) is 1.89. The molecular weight excluding hydrogens is 269 g/mol. The van der Waals surface area contributed by atoms with Gasteiger partial charge in [-0.2, -0.15) is 0 Å². The minimum atomic E-state index is -3.99. The van der Waals surface area contributed by atoms with Crippen molar-refractivity contribution in [2.45, 2.75) is 24.8 Å². The molecule has 1 aromatic rings. The standard InChI is InChI=1S/C10H11ClFNO3S/c1-6(2)13-10(14)8-4-3-7(5-9(8)12)17(11,15)16/h3-6H,1-2H3,(H,13,14). The van der Waals surface area contributed by atoms with Gasteiger partial charge in [-0.1, -0.05) is 0 Å². The van der Waals surface area contributed by atoms with Crippen LogP contribution in [-0.2, 0) is 9.05 Å². The number of nitrogens with one attached hydrogen (secondary N) is 1. The molecule has 0 heterocycles. The van der Waals surface area contributed by atoms with Crippen molar-refractivity contribution >= 4 is 25.6 Å². The highest BCUT2D eigenvalue weighted by Crippen LogP contribution is 2.18. The molecule has 0 radical (unpaired) electrons. The molecule has 1 amide bonds. The summed E-state index contributed by atoms with van der Waals surface area (Å²) >= 11 is 0. The summed E-state index contributed by atoms with van der Waals surface area (Å²) in [4.78, 5) is 11.1. The number of benzene rings is 1. The fraction of sp³-hybridized carbons (Fsp3) is 0.300. The predicted molar refractivity (Wildman–Crippen MR) is 62.0 cm³/mol. The average Bonchev–Trinajstić information content (AvgIpc) is 2.14. The first-order chi connectivity index (χ1) is 7.71. The highest BCUT2D eigenvalue weighted by atomic mass is 35.7. The summed E-state index contributed by atoms with van der Waals surface area (Å²) in [6.07, 6.45) is 0. The fourth-order valence-corrected chi connectivity index (χ4v) is 1.93. The van der Waals surface area contributed by atoms with E-state index in [0.717, 1.165) is 18.2 Å². The maximum Gasteiger partial charge on any atom is 0.261 e. The van der Waals surface area contributed by atoms with E-state index in [-0.39, 0.29) is 16.5 Å². The average molecular weight is 280 g/mol. The molecule has 1 rings (SSSR count). The van der Waals surface area contributed by atoms with Crippen molar-refractivity contribution in [2.24, 2.45) is 0 Å². The highest BCUT2D eigenvalue weighted by Gasteiger charge is 2.17. The van der Waals surface area contributed by atoms with Crippen molar-refractivity contribution < 1.29 is 17.6 Å². The van der Waals surface area contributed by atoms with Crippen LogP contribution in [0.4, 0.5) is 4.39 Å². The zero-order chi connectivity index (χ0) is 13.2. The van der Waals surface area contributed by atoms with E-state index >= 15 is 0 Å². The number of halogens is 2. The third kappa shape index (κ3) is 3.67. The fourth-order valence-electron chi connectivity index (χ4n) is 1.17. The first kappa shape index (κ1) is 13.9. The lowest BCUT2D eigenvalue weighted by molar-refractivity contribution is 0.0939. The van der Waals surface area contributed by atoms with Gasteiger partial charge in [0.25, 0.3) is 15.0 Å². The molecule has 7 heteroatoms. The summed E-state index contributed by atoms with van der Waals surface area (Å²) in [5.41, 5.74) is -0.220. The molecule has 4 nitrogen and oxygen atoms in total. The van der Waals surface area contributed by atoms with Crippen molar-refractivity contribution in [1.29, 1.82) is 0 Å². The van der Waals surface area contributed by atoms with Gasteiger partial charge < -0.3 is 5.32 Å². The number of hydrogen-bond acceptors (Lipinski definition) is 3. The third-order valence-corrected chi connectivity index (χ3v) is 3.24. The van der Waals surface area contributed by atoms with E-state index in [1.807, 2.05) is 0 Å². The first-order valence-electron chi connectivity index (χ1n) is 4.77. The van der Waals surface area contributed by atoms with Gasteiger partial charge in [-0.05, 0) is 32.0 Å². The molecule has 0 bridgehead atoms. The molecule has 0 unspecified atom stereocenters. The van der Waals surface area contributed by atoms with E-state index in [9.17, 15) is 17.6 Å². The number of amides is 1. The number of carbonyl (C=O) groups excluding carboxylic acids is 1. The normalized spacial score (nSPS) is 11.6. The van der Waals surface area contributed by atoms with Gasteiger partial charge in [-0.3, -0.25) is 4.79 Å². The molecule has 0 aromatic heterocycles. The van der Waals surface area contributed by atoms with E-state index in [2.05, 4.69) is 5.32 Å². The molecule has 17 heavy (non-hydrogen) atoms.